The monoisotopic (exact) mass is 184 g/mol. The Labute approximate surface area is 56.0 Å². The van der Waals surface area contributed by atoms with Crippen molar-refractivity contribution in [2.75, 3.05) is 0 Å². The number of rotatable bonds is 1. The summed E-state index contributed by atoms with van der Waals surface area (Å²) < 4.78 is 12.4. The molecule has 0 aromatic heterocycles. The van der Waals surface area contributed by atoms with E-state index in [9.17, 15) is 4.57 Å². The molecule has 0 saturated heterocycles. The van der Waals surface area contributed by atoms with Gasteiger partial charge < -0.3 is 9.79 Å². The number of halogens is 1. The Balaban J connectivity index is 0. The van der Waals surface area contributed by atoms with Gasteiger partial charge in [0.1, 0.15) is 0 Å². The molecule has 0 aliphatic rings. The molecule has 0 radical (unpaired) electrons. The summed E-state index contributed by atoms with van der Waals surface area (Å²) in [5, 5.41) is 0. The molecular formula is H2ClCrO4P. The largest absolute Gasteiger partial charge is 0.486 e. The van der Waals surface area contributed by atoms with E-state index in [2.05, 4.69) is 15.9 Å². The maximum Gasteiger partial charge on any atom is 0.486 e. The van der Waals surface area contributed by atoms with Crippen LogP contribution in [0.2, 0.25) is 0 Å². The summed E-state index contributed by atoms with van der Waals surface area (Å²) >= 11 is 4.21. The zero-order chi connectivity index (χ0) is 5.21. The number of hydrogen-bond acceptors (Lipinski definition) is 2. The van der Waals surface area contributed by atoms with Crippen LogP contribution in [0.4, 0.5) is 0 Å². The second kappa shape index (κ2) is 3.88. The fraction of sp³-hybridized carbons (Fsp3) is 0. The van der Waals surface area contributed by atoms with Crippen LogP contribution in [0.15, 0.2) is 0 Å². The zero-order valence-electron chi connectivity index (χ0n) is 2.94. The predicted octanol–water partition coefficient (Wildman–Crippen LogP) is 0.247. The molecule has 0 heterocycles. The Kier molecular flexibility index (Phi) is 6.00. The van der Waals surface area contributed by atoms with Gasteiger partial charge in [-0.2, -0.15) is 4.08 Å². The van der Waals surface area contributed by atoms with Crippen molar-refractivity contribution in [3.63, 3.8) is 0 Å². The first-order chi connectivity index (χ1) is 2.56. The SMILES string of the molecule is O=P(O)(O)OCl.[Cr]. The Morgan fingerprint density at radius 3 is 1.71 bits per heavy atom. The Bertz CT molecular complexity index is 75.8. The van der Waals surface area contributed by atoms with E-state index in [4.69, 9.17) is 9.79 Å². The second-order valence-corrected chi connectivity index (χ2v) is 2.09. The van der Waals surface area contributed by atoms with Crippen LogP contribution in [-0.2, 0) is 26.0 Å². The molecule has 7 heteroatoms. The van der Waals surface area contributed by atoms with Crippen molar-refractivity contribution in [2.24, 2.45) is 0 Å². The first-order valence-electron chi connectivity index (χ1n) is 0.919. The second-order valence-electron chi connectivity index (χ2n) is 0.560. The van der Waals surface area contributed by atoms with Gasteiger partial charge in [-0.15, -0.1) is 0 Å². The third-order valence-corrected chi connectivity index (χ3v) is 0.809. The van der Waals surface area contributed by atoms with E-state index >= 15 is 0 Å². The summed E-state index contributed by atoms with van der Waals surface area (Å²) in [5.41, 5.74) is 0. The molecule has 2 N–H and O–H groups in total. The van der Waals surface area contributed by atoms with Crippen LogP contribution in [-0.4, -0.2) is 9.79 Å². The fourth-order valence-corrected chi connectivity index (χ4v) is 0. The van der Waals surface area contributed by atoms with Gasteiger partial charge in [-0.25, -0.2) is 4.57 Å². The smallest absolute Gasteiger partial charge is 0.302 e. The van der Waals surface area contributed by atoms with E-state index in [-0.39, 0.29) is 17.4 Å². The molecule has 0 fully saturated rings. The first-order valence-corrected chi connectivity index (χ1v) is 2.76. The van der Waals surface area contributed by atoms with Gasteiger partial charge in [-0.05, 0) is 0 Å². The van der Waals surface area contributed by atoms with Crippen LogP contribution in [0, 0.1) is 0 Å². The van der Waals surface area contributed by atoms with Crippen LogP contribution in [0.3, 0.4) is 0 Å². The molecule has 7 heavy (non-hydrogen) atoms. The molecule has 0 rings (SSSR count). The summed E-state index contributed by atoms with van der Waals surface area (Å²) in [6.07, 6.45) is 0. The normalized spacial score (nSPS) is 10.1. The van der Waals surface area contributed by atoms with Crippen molar-refractivity contribution in [1.82, 2.24) is 0 Å². The number of phosphoric acid groups is 1. The first kappa shape index (κ1) is 10.8. The maximum atomic E-state index is 9.34. The van der Waals surface area contributed by atoms with Gasteiger partial charge in [0, 0.05) is 17.4 Å². The summed E-state index contributed by atoms with van der Waals surface area (Å²) in [7, 11) is -4.38. The summed E-state index contributed by atoms with van der Waals surface area (Å²) in [4.78, 5) is 15.2. The minimum absolute atomic E-state index is 0. The minimum atomic E-state index is -4.38. The van der Waals surface area contributed by atoms with Crippen LogP contribution < -0.4 is 0 Å². The fourth-order valence-electron chi connectivity index (χ4n) is 0. The third-order valence-electron chi connectivity index (χ3n) is 0.0899. The molecule has 44 valence electrons. The Morgan fingerprint density at radius 1 is 1.57 bits per heavy atom. The van der Waals surface area contributed by atoms with Gasteiger partial charge in [-0.3, -0.25) is 0 Å². The molecule has 0 aliphatic carbocycles. The standard InChI is InChI=1S/ClH2O4P.Cr/c1-5-6(2,3)4;/h(H2,2,3,4);. The van der Waals surface area contributed by atoms with Gasteiger partial charge in [0.15, 0.2) is 0 Å². The van der Waals surface area contributed by atoms with Crippen molar-refractivity contribution in [3.8, 4) is 0 Å². The van der Waals surface area contributed by atoms with Crippen molar-refractivity contribution in [2.45, 2.75) is 0 Å². The average molecular weight is 184 g/mol. The molecule has 0 aliphatic heterocycles. The van der Waals surface area contributed by atoms with Crippen molar-refractivity contribution in [3.05, 3.63) is 0 Å². The molecule has 0 unspecified atom stereocenters. The van der Waals surface area contributed by atoms with E-state index < -0.39 is 7.82 Å². The Morgan fingerprint density at radius 2 is 1.71 bits per heavy atom. The predicted molar refractivity (Wildman–Crippen MR) is 19.0 cm³/mol. The molecule has 0 aromatic carbocycles. The van der Waals surface area contributed by atoms with E-state index in [0.717, 1.165) is 0 Å². The summed E-state index contributed by atoms with van der Waals surface area (Å²) in [6, 6.07) is 0. The van der Waals surface area contributed by atoms with Crippen molar-refractivity contribution in [1.29, 1.82) is 0 Å². The molecule has 0 aromatic rings. The average Bonchev–Trinajstić information content (AvgIpc) is 1.35. The minimum Gasteiger partial charge on any atom is -0.302 e. The van der Waals surface area contributed by atoms with Crippen LogP contribution in [0.25, 0.3) is 0 Å². The topological polar surface area (TPSA) is 66.8 Å². The molecule has 0 spiro atoms. The molecule has 4 nitrogen and oxygen atoms in total. The maximum absolute atomic E-state index is 9.34. The van der Waals surface area contributed by atoms with Crippen LogP contribution in [0.1, 0.15) is 0 Å². The van der Waals surface area contributed by atoms with Crippen molar-refractivity contribution >= 4 is 19.7 Å². The molecule has 0 saturated carbocycles. The van der Waals surface area contributed by atoms with Crippen molar-refractivity contribution < 1.29 is 35.8 Å². The van der Waals surface area contributed by atoms with E-state index in [1.54, 1.807) is 0 Å². The molecule has 0 atom stereocenters. The van der Waals surface area contributed by atoms with E-state index in [0.29, 0.717) is 0 Å². The Hall–Kier alpha value is 0.932. The van der Waals surface area contributed by atoms with Gasteiger partial charge in [0.25, 0.3) is 0 Å². The molecule has 0 amide bonds. The molecular weight excluding hydrogens is 182 g/mol. The van der Waals surface area contributed by atoms with Gasteiger partial charge >= 0.3 is 7.82 Å². The quantitative estimate of drug-likeness (QED) is 0.573. The van der Waals surface area contributed by atoms with E-state index in [1.807, 2.05) is 0 Å². The molecule has 0 bridgehead atoms. The zero-order valence-corrected chi connectivity index (χ0v) is 5.87. The van der Waals surface area contributed by atoms with Crippen LogP contribution >= 0.6 is 19.7 Å². The summed E-state index contributed by atoms with van der Waals surface area (Å²) in [6.45, 7) is 0. The summed E-state index contributed by atoms with van der Waals surface area (Å²) in [5.74, 6) is 0. The van der Waals surface area contributed by atoms with Gasteiger partial charge in [0.05, 0.1) is 11.9 Å². The van der Waals surface area contributed by atoms with Gasteiger partial charge in [0.2, 0.25) is 0 Å². The number of hydrogen-bond donors (Lipinski definition) is 2. The van der Waals surface area contributed by atoms with Gasteiger partial charge in [-0.1, -0.05) is 0 Å². The third kappa shape index (κ3) is 10.9. The van der Waals surface area contributed by atoms with E-state index in [1.165, 1.54) is 0 Å². The van der Waals surface area contributed by atoms with Crippen LogP contribution in [0.5, 0.6) is 0 Å².